The topological polar surface area (TPSA) is 40.5 Å². The average Bonchev–Trinajstić information content (AvgIpc) is 1.82. The van der Waals surface area contributed by atoms with Gasteiger partial charge in [0.15, 0.2) is 0 Å². The number of aliphatic carboxylic acids is 1. The molecule has 0 spiro atoms. The van der Waals surface area contributed by atoms with E-state index >= 15 is 0 Å². The Morgan fingerprint density at radius 1 is 1.38 bits per heavy atom. The minimum atomic E-state index is -0.866. The Kier molecular flexibility index (Phi) is 3.98. The molecule has 3 nitrogen and oxygen atoms in total. The van der Waals surface area contributed by atoms with Crippen molar-refractivity contribution < 1.29 is 9.90 Å². The summed E-state index contributed by atoms with van der Waals surface area (Å²) in [6, 6.07) is 0. The molecule has 0 saturated carbocycles. The molecule has 0 aliphatic heterocycles. The summed E-state index contributed by atoms with van der Waals surface area (Å²) in [5, 5.41) is 8.83. The van der Waals surface area contributed by atoms with Crippen LogP contribution in [0.2, 0.25) is 0 Å². The second-order valence-electron chi connectivity index (χ2n) is 4.55. The van der Waals surface area contributed by atoms with Gasteiger partial charge in [0.1, 0.15) is 5.70 Å². The summed E-state index contributed by atoms with van der Waals surface area (Å²) in [6.45, 7) is 6.25. The van der Waals surface area contributed by atoms with Crippen LogP contribution in [0.5, 0.6) is 0 Å². The van der Waals surface area contributed by atoms with Crippen LogP contribution in [0.3, 0.4) is 0 Å². The normalized spacial score (nSPS) is 12.8. The van der Waals surface area contributed by atoms with Crippen LogP contribution in [0.15, 0.2) is 11.8 Å². The fraction of sp³-hybridized carbons (Fsp3) is 0.700. The molecule has 0 aromatic rings. The van der Waals surface area contributed by atoms with Crippen LogP contribution in [0.25, 0.3) is 0 Å². The molecular formula is C10H19NO2. The third-order valence-corrected chi connectivity index (χ3v) is 1.61. The number of carboxylic acids is 1. The third-order valence-electron chi connectivity index (χ3n) is 1.61. The highest BCUT2D eigenvalue weighted by Crippen LogP contribution is 2.20. The van der Waals surface area contributed by atoms with Crippen molar-refractivity contribution in [1.82, 2.24) is 4.90 Å². The van der Waals surface area contributed by atoms with E-state index in [4.69, 9.17) is 5.11 Å². The largest absolute Gasteiger partial charge is 0.477 e. The second kappa shape index (κ2) is 4.30. The molecule has 0 rings (SSSR count). The molecule has 76 valence electrons. The lowest BCUT2D eigenvalue weighted by Crippen LogP contribution is -2.19. The van der Waals surface area contributed by atoms with Crippen LogP contribution >= 0.6 is 0 Å². The lowest BCUT2D eigenvalue weighted by molar-refractivity contribution is -0.134. The maximum atomic E-state index is 10.7. The Morgan fingerprint density at radius 2 is 1.85 bits per heavy atom. The first-order valence-corrected chi connectivity index (χ1v) is 4.35. The van der Waals surface area contributed by atoms with Crippen LogP contribution < -0.4 is 0 Å². The lowest BCUT2D eigenvalue weighted by Gasteiger charge is -2.18. The van der Waals surface area contributed by atoms with Gasteiger partial charge in [0.2, 0.25) is 0 Å². The number of likely N-dealkylation sites (N-methyl/N-ethyl adjacent to an activating group) is 1. The van der Waals surface area contributed by atoms with Gasteiger partial charge >= 0.3 is 5.97 Å². The Morgan fingerprint density at radius 3 is 2.08 bits per heavy atom. The standard InChI is InChI=1S/C10H19NO2/c1-10(2,3)7-6-8(9(12)13)11(4)5/h6H,7H2,1-5H3,(H,12,13). The minimum Gasteiger partial charge on any atom is -0.477 e. The maximum Gasteiger partial charge on any atom is 0.351 e. The van der Waals surface area contributed by atoms with Crippen molar-refractivity contribution in [2.75, 3.05) is 14.1 Å². The smallest absolute Gasteiger partial charge is 0.351 e. The Bertz CT molecular complexity index is 211. The molecule has 0 fully saturated rings. The van der Waals surface area contributed by atoms with Gasteiger partial charge in [0.25, 0.3) is 0 Å². The first-order chi connectivity index (χ1) is 5.74. The highest BCUT2D eigenvalue weighted by Gasteiger charge is 2.13. The molecular weight excluding hydrogens is 166 g/mol. The van der Waals surface area contributed by atoms with E-state index in [1.807, 2.05) is 0 Å². The molecule has 0 aromatic carbocycles. The van der Waals surface area contributed by atoms with E-state index in [1.165, 1.54) is 0 Å². The Hall–Kier alpha value is -0.990. The molecule has 0 radical (unpaired) electrons. The van der Waals surface area contributed by atoms with Gasteiger partial charge in [-0.3, -0.25) is 0 Å². The van der Waals surface area contributed by atoms with E-state index in [0.717, 1.165) is 6.42 Å². The first-order valence-electron chi connectivity index (χ1n) is 4.35. The highest BCUT2D eigenvalue weighted by molar-refractivity contribution is 5.85. The molecule has 3 heteroatoms. The Balaban J connectivity index is 4.48. The van der Waals surface area contributed by atoms with Gasteiger partial charge in [0, 0.05) is 14.1 Å². The number of hydrogen-bond donors (Lipinski definition) is 1. The van der Waals surface area contributed by atoms with Crippen LogP contribution in [0, 0.1) is 5.41 Å². The summed E-state index contributed by atoms with van der Waals surface area (Å²) in [7, 11) is 3.48. The molecule has 0 unspecified atom stereocenters. The number of carboxylic acid groups (broad SMARTS) is 1. The van der Waals surface area contributed by atoms with Crippen molar-refractivity contribution in [2.24, 2.45) is 5.41 Å². The van der Waals surface area contributed by atoms with Crippen molar-refractivity contribution in [1.29, 1.82) is 0 Å². The number of nitrogens with zero attached hydrogens (tertiary/aromatic N) is 1. The van der Waals surface area contributed by atoms with E-state index < -0.39 is 5.97 Å². The fourth-order valence-electron chi connectivity index (χ4n) is 0.864. The second-order valence-corrected chi connectivity index (χ2v) is 4.55. The van der Waals surface area contributed by atoms with Crippen molar-refractivity contribution >= 4 is 5.97 Å². The third kappa shape index (κ3) is 5.28. The quantitative estimate of drug-likeness (QED) is 0.683. The van der Waals surface area contributed by atoms with Crippen LogP contribution in [0.1, 0.15) is 27.2 Å². The predicted molar refractivity (Wildman–Crippen MR) is 53.5 cm³/mol. The van der Waals surface area contributed by atoms with Crippen molar-refractivity contribution in [3.63, 3.8) is 0 Å². The predicted octanol–water partition coefficient (Wildman–Crippen LogP) is 1.95. The minimum absolute atomic E-state index is 0.136. The zero-order chi connectivity index (χ0) is 10.6. The maximum absolute atomic E-state index is 10.7. The highest BCUT2D eigenvalue weighted by atomic mass is 16.4. The SMILES string of the molecule is CN(C)C(=CCC(C)(C)C)C(=O)O. The summed E-state index contributed by atoms with van der Waals surface area (Å²) in [5.74, 6) is -0.866. The monoisotopic (exact) mass is 185 g/mol. The van der Waals surface area contributed by atoms with E-state index in [-0.39, 0.29) is 5.41 Å². The number of carbonyl (C=O) groups is 1. The van der Waals surface area contributed by atoms with Gasteiger partial charge in [-0.1, -0.05) is 26.8 Å². The summed E-state index contributed by atoms with van der Waals surface area (Å²) >= 11 is 0. The van der Waals surface area contributed by atoms with Gasteiger partial charge in [-0.25, -0.2) is 4.79 Å². The molecule has 0 amide bonds. The van der Waals surface area contributed by atoms with Gasteiger partial charge in [0.05, 0.1) is 0 Å². The average molecular weight is 185 g/mol. The molecule has 0 atom stereocenters. The number of allylic oxidation sites excluding steroid dienone is 1. The van der Waals surface area contributed by atoms with Crippen LogP contribution in [0.4, 0.5) is 0 Å². The van der Waals surface area contributed by atoms with Crippen LogP contribution in [-0.2, 0) is 4.79 Å². The van der Waals surface area contributed by atoms with Gasteiger partial charge in [-0.05, 0) is 11.8 Å². The summed E-state index contributed by atoms with van der Waals surface area (Å²) in [5.41, 5.74) is 0.492. The molecule has 0 aliphatic rings. The number of hydrogen-bond acceptors (Lipinski definition) is 2. The molecule has 13 heavy (non-hydrogen) atoms. The van der Waals surface area contributed by atoms with E-state index in [2.05, 4.69) is 20.8 Å². The van der Waals surface area contributed by atoms with Crippen molar-refractivity contribution in [3.8, 4) is 0 Å². The van der Waals surface area contributed by atoms with E-state index in [0.29, 0.717) is 5.70 Å². The summed E-state index contributed by atoms with van der Waals surface area (Å²) in [6.07, 6.45) is 2.54. The first kappa shape index (κ1) is 12.0. The van der Waals surface area contributed by atoms with Crippen molar-refractivity contribution in [2.45, 2.75) is 27.2 Å². The van der Waals surface area contributed by atoms with E-state index in [1.54, 1.807) is 25.1 Å². The van der Waals surface area contributed by atoms with Crippen molar-refractivity contribution in [3.05, 3.63) is 11.8 Å². The summed E-state index contributed by atoms with van der Waals surface area (Å²) in [4.78, 5) is 12.4. The van der Waals surface area contributed by atoms with Crippen LogP contribution in [-0.4, -0.2) is 30.1 Å². The molecule has 0 aromatic heterocycles. The Labute approximate surface area is 80.0 Å². The zero-order valence-corrected chi connectivity index (χ0v) is 9.09. The summed E-state index contributed by atoms with van der Waals surface area (Å²) < 4.78 is 0. The van der Waals surface area contributed by atoms with Gasteiger partial charge < -0.3 is 10.0 Å². The molecule has 0 aliphatic carbocycles. The van der Waals surface area contributed by atoms with E-state index in [9.17, 15) is 4.79 Å². The molecule has 0 bridgehead atoms. The lowest BCUT2D eigenvalue weighted by atomic mass is 9.92. The zero-order valence-electron chi connectivity index (χ0n) is 9.09. The van der Waals surface area contributed by atoms with Gasteiger partial charge in [-0.2, -0.15) is 0 Å². The van der Waals surface area contributed by atoms with Gasteiger partial charge in [-0.15, -0.1) is 0 Å². The molecule has 0 heterocycles. The number of rotatable bonds is 3. The molecule has 0 saturated heterocycles. The fourth-order valence-corrected chi connectivity index (χ4v) is 0.864. The molecule has 1 N–H and O–H groups in total.